The normalized spacial score (nSPS) is 11.7. The van der Waals surface area contributed by atoms with Crippen LogP contribution in [0.25, 0.3) is 0 Å². The number of pyridine rings is 1. The molecule has 0 saturated heterocycles. The van der Waals surface area contributed by atoms with Crippen LogP contribution in [0, 0.1) is 5.92 Å². The third-order valence-electron chi connectivity index (χ3n) is 2.84. The van der Waals surface area contributed by atoms with Crippen LogP contribution in [0.4, 0.5) is 5.69 Å². The van der Waals surface area contributed by atoms with Gasteiger partial charge in [0.05, 0.1) is 0 Å². The van der Waals surface area contributed by atoms with Gasteiger partial charge in [-0.25, -0.2) is 0 Å². The van der Waals surface area contributed by atoms with Gasteiger partial charge in [0.15, 0.2) is 0 Å². The molecule has 20 heavy (non-hydrogen) atoms. The molecular weight excluding hydrogens is 258 g/mol. The number of carbonyl (C=O) groups is 2. The van der Waals surface area contributed by atoms with Crippen molar-refractivity contribution in [1.29, 1.82) is 0 Å². The Bertz CT molecular complexity index is 463. The van der Waals surface area contributed by atoms with E-state index in [0.29, 0.717) is 25.2 Å². The Kier molecular flexibility index (Phi) is 6.49. The highest BCUT2D eigenvalue weighted by atomic mass is 16.4. The number of rotatable bonds is 8. The maximum Gasteiger partial charge on any atom is 0.303 e. The van der Waals surface area contributed by atoms with Crippen molar-refractivity contribution in [1.82, 2.24) is 10.3 Å². The lowest BCUT2D eigenvalue weighted by atomic mass is 10.1. The highest BCUT2D eigenvalue weighted by Crippen LogP contribution is 2.11. The van der Waals surface area contributed by atoms with E-state index in [-0.39, 0.29) is 18.2 Å². The lowest BCUT2D eigenvalue weighted by molar-refractivity contribution is -0.137. The van der Waals surface area contributed by atoms with E-state index in [0.717, 1.165) is 5.69 Å². The molecule has 0 aromatic carbocycles. The molecular formula is C14H21N3O3. The zero-order chi connectivity index (χ0) is 15.0. The van der Waals surface area contributed by atoms with Gasteiger partial charge in [0.25, 0.3) is 5.91 Å². The standard InChI is InChI=1S/C14H21N3O3/c1-3-15-14(20)12-8-11(6-7-16-12)17-9-10(2)4-5-13(18)19/h6-8,10H,3-5,9H2,1-2H3,(H,15,20)(H,16,17)(H,18,19). The fourth-order valence-corrected chi connectivity index (χ4v) is 1.68. The summed E-state index contributed by atoms with van der Waals surface area (Å²) in [6.45, 7) is 5.06. The Labute approximate surface area is 118 Å². The largest absolute Gasteiger partial charge is 0.481 e. The van der Waals surface area contributed by atoms with Crippen LogP contribution in [0.5, 0.6) is 0 Å². The van der Waals surface area contributed by atoms with E-state index in [2.05, 4.69) is 15.6 Å². The number of hydrogen-bond donors (Lipinski definition) is 3. The predicted molar refractivity (Wildman–Crippen MR) is 76.8 cm³/mol. The Hall–Kier alpha value is -2.11. The summed E-state index contributed by atoms with van der Waals surface area (Å²) in [7, 11) is 0. The molecule has 0 radical (unpaired) electrons. The molecule has 0 aliphatic heterocycles. The molecule has 110 valence electrons. The third-order valence-corrected chi connectivity index (χ3v) is 2.84. The Morgan fingerprint density at radius 3 is 2.85 bits per heavy atom. The van der Waals surface area contributed by atoms with Crippen LogP contribution in [0.2, 0.25) is 0 Å². The number of nitrogens with zero attached hydrogens (tertiary/aromatic N) is 1. The molecule has 1 heterocycles. The number of hydrogen-bond acceptors (Lipinski definition) is 4. The fourth-order valence-electron chi connectivity index (χ4n) is 1.68. The first-order valence-electron chi connectivity index (χ1n) is 6.72. The van der Waals surface area contributed by atoms with Crippen LogP contribution in [-0.2, 0) is 4.79 Å². The van der Waals surface area contributed by atoms with Gasteiger partial charge < -0.3 is 15.7 Å². The molecule has 6 nitrogen and oxygen atoms in total. The van der Waals surface area contributed by atoms with Crippen molar-refractivity contribution in [3.63, 3.8) is 0 Å². The highest BCUT2D eigenvalue weighted by Gasteiger charge is 2.08. The van der Waals surface area contributed by atoms with Gasteiger partial charge in [-0.3, -0.25) is 14.6 Å². The maximum absolute atomic E-state index is 11.6. The number of carboxylic acid groups (broad SMARTS) is 1. The zero-order valence-corrected chi connectivity index (χ0v) is 11.8. The number of aliphatic carboxylic acids is 1. The summed E-state index contributed by atoms with van der Waals surface area (Å²) in [6.07, 6.45) is 2.37. The smallest absolute Gasteiger partial charge is 0.303 e. The highest BCUT2D eigenvalue weighted by molar-refractivity contribution is 5.93. The summed E-state index contributed by atoms with van der Waals surface area (Å²) in [5, 5.41) is 14.5. The fraction of sp³-hybridized carbons (Fsp3) is 0.500. The summed E-state index contributed by atoms with van der Waals surface area (Å²) in [5.41, 5.74) is 1.18. The van der Waals surface area contributed by atoms with Crippen LogP contribution < -0.4 is 10.6 Å². The summed E-state index contributed by atoms with van der Waals surface area (Å²) >= 11 is 0. The number of carboxylic acids is 1. The molecule has 1 atom stereocenters. The molecule has 0 fully saturated rings. The first kappa shape index (κ1) is 15.9. The second-order valence-corrected chi connectivity index (χ2v) is 4.71. The average Bonchev–Trinajstić information content (AvgIpc) is 2.43. The first-order chi connectivity index (χ1) is 9.52. The predicted octanol–water partition coefficient (Wildman–Crippen LogP) is 1.74. The van der Waals surface area contributed by atoms with Crippen molar-refractivity contribution >= 4 is 17.6 Å². The molecule has 0 aliphatic carbocycles. The van der Waals surface area contributed by atoms with Crippen LogP contribution in [0.15, 0.2) is 18.3 Å². The van der Waals surface area contributed by atoms with Crippen LogP contribution in [0.3, 0.4) is 0 Å². The number of nitrogens with one attached hydrogen (secondary N) is 2. The minimum absolute atomic E-state index is 0.170. The van der Waals surface area contributed by atoms with Crippen molar-refractivity contribution in [2.45, 2.75) is 26.7 Å². The SMILES string of the molecule is CCNC(=O)c1cc(NCC(C)CCC(=O)O)ccn1. The summed E-state index contributed by atoms with van der Waals surface area (Å²) in [6, 6.07) is 3.47. The maximum atomic E-state index is 11.6. The minimum atomic E-state index is -0.778. The number of anilines is 1. The van der Waals surface area contributed by atoms with Crippen molar-refractivity contribution in [2.24, 2.45) is 5.92 Å². The van der Waals surface area contributed by atoms with Gasteiger partial charge in [0.1, 0.15) is 5.69 Å². The van der Waals surface area contributed by atoms with E-state index in [1.165, 1.54) is 0 Å². The van der Waals surface area contributed by atoms with Crippen molar-refractivity contribution < 1.29 is 14.7 Å². The van der Waals surface area contributed by atoms with E-state index in [1.807, 2.05) is 13.8 Å². The molecule has 0 spiro atoms. The third kappa shape index (κ3) is 5.69. The van der Waals surface area contributed by atoms with Crippen LogP contribution in [0.1, 0.15) is 37.2 Å². The first-order valence-corrected chi connectivity index (χ1v) is 6.72. The molecule has 0 saturated carbocycles. The zero-order valence-electron chi connectivity index (χ0n) is 11.8. The molecule has 6 heteroatoms. The van der Waals surface area contributed by atoms with E-state index in [9.17, 15) is 9.59 Å². The monoisotopic (exact) mass is 279 g/mol. The number of amides is 1. The van der Waals surface area contributed by atoms with Crippen LogP contribution >= 0.6 is 0 Å². The van der Waals surface area contributed by atoms with Gasteiger partial charge in [-0.15, -0.1) is 0 Å². The van der Waals surface area contributed by atoms with Gasteiger partial charge in [0.2, 0.25) is 0 Å². The van der Waals surface area contributed by atoms with Crippen molar-refractivity contribution in [3.05, 3.63) is 24.0 Å². The summed E-state index contributed by atoms with van der Waals surface area (Å²) < 4.78 is 0. The summed E-state index contributed by atoms with van der Waals surface area (Å²) in [5.74, 6) is -0.735. The topological polar surface area (TPSA) is 91.3 Å². The molecule has 1 amide bonds. The molecule has 0 bridgehead atoms. The average molecular weight is 279 g/mol. The molecule has 1 aromatic rings. The Morgan fingerprint density at radius 1 is 1.45 bits per heavy atom. The van der Waals surface area contributed by atoms with Crippen molar-refractivity contribution in [2.75, 3.05) is 18.4 Å². The summed E-state index contributed by atoms with van der Waals surface area (Å²) in [4.78, 5) is 26.1. The molecule has 1 aromatic heterocycles. The van der Waals surface area contributed by atoms with Crippen LogP contribution in [-0.4, -0.2) is 35.1 Å². The molecule has 1 unspecified atom stereocenters. The van der Waals surface area contributed by atoms with Gasteiger partial charge in [-0.05, 0) is 31.4 Å². The Balaban J connectivity index is 2.49. The minimum Gasteiger partial charge on any atom is -0.481 e. The molecule has 0 aliphatic rings. The van der Waals surface area contributed by atoms with E-state index in [4.69, 9.17) is 5.11 Å². The van der Waals surface area contributed by atoms with E-state index >= 15 is 0 Å². The number of carbonyl (C=O) groups excluding carboxylic acids is 1. The molecule has 3 N–H and O–H groups in total. The van der Waals surface area contributed by atoms with E-state index in [1.54, 1.807) is 18.3 Å². The van der Waals surface area contributed by atoms with Gasteiger partial charge in [-0.2, -0.15) is 0 Å². The Morgan fingerprint density at radius 2 is 2.20 bits per heavy atom. The molecule has 1 rings (SSSR count). The quantitative estimate of drug-likeness (QED) is 0.674. The van der Waals surface area contributed by atoms with Gasteiger partial charge >= 0.3 is 5.97 Å². The lowest BCUT2D eigenvalue weighted by Crippen LogP contribution is -2.23. The second kappa shape index (κ2) is 8.14. The van der Waals surface area contributed by atoms with Gasteiger partial charge in [0, 0.05) is 31.4 Å². The van der Waals surface area contributed by atoms with Gasteiger partial charge in [-0.1, -0.05) is 6.92 Å². The second-order valence-electron chi connectivity index (χ2n) is 4.71. The number of aromatic nitrogens is 1. The van der Waals surface area contributed by atoms with Crippen molar-refractivity contribution in [3.8, 4) is 0 Å². The lowest BCUT2D eigenvalue weighted by Gasteiger charge is -2.13. The van der Waals surface area contributed by atoms with E-state index < -0.39 is 5.97 Å².